The molecule has 1 atom stereocenters. The molecule has 2 rings (SSSR count). The lowest BCUT2D eigenvalue weighted by atomic mass is 10.1. The third-order valence-electron chi connectivity index (χ3n) is 3.23. The number of thioether (sulfide) groups is 1. The molecule has 0 spiro atoms. The van der Waals surface area contributed by atoms with Crippen molar-refractivity contribution in [3.8, 4) is 0 Å². The lowest BCUT2D eigenvalue weighted by Crippen LogP contribution is -2.32. The van der Waals surface area contributed by atoms with Crippen LogP contribution >= 0.6 is 11.8 Å². The minimum Gasteiger partial charge on any atom is -0.327 e. The van der Waals surface area contributed by atoms with Crippen molar-refractivity contribution in [2.24, 2.45) is 5.73 Å². The second kappa shape index (κ2) is 7.67. The zero-order valence-corrected chi connectivity index (χ0v) is 12.8. The summed E-state index contributed by atoms with van der Waals surface area (Å²) < 4.78 is 0. The van der Waals surface area contributed by atoms with Gasteiger partial charge in [-0.25, -0.2) is 0 Å². The number of carbonyl (C=O) groups excluding carboxylic acids is 1. The summed E-state index contributed by atoms with van der Waals surface area (Å²) >= 11 is 2.02. The molecular weight excluding hydrogens is 270 g/mol. The zero-order valence-electron chi connectivity index (χ0n) is 12.0. The average molecular weight is 293 g/mol. The van der Waals surface area contributed by atoms with Gasteiger partial charge in [-0.05, 0) is 24.6 Å². The maximum Gasteiger partial charge on any atom is 0.225 e. The number of hydrogen-bond acceptors (Lipinski definition) is 4. The van der Waals surface area contributed by atoms with Crippen LogP contribution in [0.3, 0.4) is 0 Å². The Morgan fingerprint density at radius 1 is 1.45 bits per heavy atom. The molecule has 3 N–H and O–H groups in total. The fourth-order valence-electron chi connectivity index (χ4n) is 2.27. The Morgan fingerprint density at radius 3 is 2.90 bits per heavy atom. The van der Waals surface area contributed by atoms with Crippen molar-refractivity contribution in [3.05, 3.63) is 29.8 Å². The van der Waals surface area contributed by atoms with E-state index in [0.29, 0.717) is 6.42 Å². The van der Waals surface area contributed by atoms with Gasteiger partial charge in [0.1, 0.15) is 0 Å². The third-order valence-corrected chi connectivity index (χ3v) is 4.17. The van der Waals surface area contributed by atoms with Gasteiger partial charge in [0.25, 0.3) is 0 Å². The molecule has 0 saturated carbocycles. The van der Waals surface area contributed by atoms with Gasteiger partial charge in [-0.15, -0.1) is 0 Å². The second-order valence-corrected chi connectivity index (χ2v) is 6.54. The van der Waals surface area contributed by atoms with Crippen molar-refractivity contribution in [3.63, 3.8) is 0 Å². The summed E-state index contributed by atoms with van der Waals surface area (Å²) in [6, 6.07) is 7.98. The first-order valence-electron chi connectivity index (χ1n) is 7.08. The SMILES string of the molecule is CC(N)CC(=O)Nc1cccc(CN2CCSCC2)c1. The van der Waals surface area contributed by atoms with Crippen LogP contribution in [-0.4, -0.2) is 41.4 Å². The minimum absolute atomic E-state index is 0.0217. The maximum absolute atomic E-state index is 11.7. The monoisotopic (exact) mass is 293 g/mol. The van der Waals surface area contributed by atoms with Crippen molar-refractivity contribution in [2.45, 2.75) is 25.9 Å². The smallest absolute Gasteiger partial charge is 0.225 e. The number of benzene rings is 1. The highest BCUT2D eigenvalue weighted by Crippen LogP contribution is 2.16. The maximum atomic E-state index is 11.7. The Hall–Kier alpha value is -1.04. The highest BCUT2D eigenvalue weighted by Gasteiger charge is 2.11. The van der Waals surface area contributed by atoms with E-state index in [-0.39, 0.29) is 11.9 Å². The number of rotatable bonds is 5. The number of hydrogen-bond donors (Lipinski definition) is 2. The highest BCUT2D eigenvalue weighted by molar-refractivity contribution is 7.99. The van der Waals surface area contributed by atoms with Gasteiger partial charge in [0.05, 0.1) is 0 Å². The van der Waals surface area contributed by atoms with Gasteiger partial charge in [-0.2, -0.15) is 11.8 Å². The van der Waals surface area contributed by atoms with Crippen LogP contribution in [0, 0.1) is 0 Å². The highest BCUT2D eigenvalue weighted by atomic mass is 32.2. The van der Waals surface area contributed by atoms with Gasteiger partial charge in [0.15, 0.2) is 0 Å². The Labute approximate surface area is 125 Å². The Kier molecular flexibility index (Phi) is 5.88. The molecule has 0 radical (unpaired) electrons. The van der Waals surface area contributed by atoms with Crippen LogP contribution in [0.25, 0.3) is 0 Å². The van der Waals surface area contributed by atoms with Crippen molar-refractivity contribution in [1.82, 2.24) is 4.90 Å². The van der Waals surface area contributed by atoms with E-state index in [0.717, 1.165) is 25.3 Å². The van der Waals surface area contributed by atoms with Crippen LogP contribution in [-0.2, 0) is 11.3 Å². The van der Waals surface area contributed by atoms with Crippen LogP contribution < -0.4 is 11.1 Å². The summed E-state index contributed by atoms with van der Waals surface area (Å²) in [7, 11) is 0. The van der Waals surface area contributed by atoms with Gasteiger partial charge in [-0.3, -0.25) is 9.69 Å². The molecule has 5 heteroatoms. The van der Waals surface area contributed by atoms with E-state index in [1.54, 1.807) is 0 Å². The van der Waals surface area contributed by atoms with Crippen LogP contribution in [0.1, 0.15) is 18.9 Å². The van der Waals surface area contributed by atoms with Gasteiger partial charge < -0.3 is 11.1 Å². The van der Waals surface area contributed by atoms with Crippen LogP contribution in [0.4, 0.5) is 5.69 Å². The summed E-state index contributed by atoms with van der Waals surface area (Å²) in [6.45, 7) is 5.08. The predicted octanol–water partition coefficient (Wildman–Crippen LogP) is 1.91. The Bertz CT molecular complexity index is 444. The number of nitrogens with zero attached hydrogens (tertiary/aromatic N) is 1. The molecule has 1 saturated heterocycles. The number of amides is 1. The lowest BCUT2D eigenvalue weighted by molar-refractivity contribution is -0.116. The molecule has 0 bridgehead atoms. The summed E-state index contributed by atoms with van der Waals surface area (Å²) in [5.74, 6) is 2.40. The third kappa shape index (κ3) is 5.15. The molecule has 1 heterocycles. The fraction of sp³-hybridized carbons (Fsp3) is 0.533. The number of anilines is 1. The summed E-state index contributed by atoms with van der Waals surface area (Å²) in [5.41, 5.74) is 7.74. The molecule has 1 unspecified atom stereocenters. The molecule has 0 aromatic heterocycles. The van der Waals surface area contributed by atoms with E-state index >= 15 is 0 Å². The van der Waals surface area contributed by atoms with Crippen molar-refractivity contribution >= 4 is 23.4 Å². The van der Waals surface area contributed by atoms with Gasteiger partial charge in [0.2, 0.25) is 5.91 Å². The number of carbonyl (C=O) groups is 1. The first-order valence-corrected chi connectivity index (χ1v) is 8.23. The quantitative estimate of drug-likeness (QED) is 0.871. The molecule has 110 valence electrons. The van der Waals surface area contributed by atoms with Gasteiger partial charge >= 0.3 is 0 Å². The first-order chi connectivity index (χ1) is 9.63. The molecule has 1 amide bonds. The Morgan fingerprint density at radius 2 is 2.20 bits per heavy atom. The Balaban J connectivity index is 1.91. The lowest BCUT2D eigenvalue weighted by Gasteiger charge is -2.26. The van der Waals surface area contributed by atoms with Crippen molar-refractivity contribution < 1.29 is 4.79 Å². The van der Waals surface area contributed by atoms with Gasteiger partial charge in [0, 0.05) is 49.3 Å². The molecule has 20 heavy (non-hydrogen) atoms. The van der Waals surface area contributed by atoms with Crippen molar-refractivity contribution in [2.75, 3.05) is 29.9 Å². The second-order valence-electron chi connectivity index (χ2n) is 5.32. The van der Waals surface area contributed by atoms with E-state index in [9.17, 15) is 4.79 Å². The largest absolute Gasteiger partial charge is 0.327 e. The van der Waals surface area contributed by atoms with Crippen LogP contribution in [0.15, 0.2) is 24.3 Å². The standard InChI is InChI=1S/C15H23N3OS/c1-12(16)9-15(19)17-14-4-2-3-13(10-14)11-18-5-7-20-8-6-18/h2-4,10,12H,5-9,11,16H2,1H3,(H,17,19). The molecular formula is C15H23N3OS. The van der Waals surface area contributed by atoms with Crippen LogP contribution in [0.5, 0.6) is 0 Å². The minimum atomic E-state index is -0.107. The summed E-state index contributed by atoms with van der Waals surface area (Å²) in [4.78, 5) is 14.2. The molecule has 1 aliphatic heterocycles. The van der Waals surface area contributed by atoms with E-state index in [2.05, 4.69) is 22.3 Å². The molecule has 1 aromatic rings. The summed E-state index contributed by atoms with van der Waals surface area (Å²) in [6.07, 6.45) is 0.355. The summed E-state index contributed by atoms with van der Waals surface area (Å²) in [5, 5.41) is 2.91. The van der Waals surface area contributed by atoms with Gasteiger partial charge in [-0.1, -0.05) is 12.1 Å². The topological polar surface area (TPSA) is 58.4 Å². The van der Waals surface area contributed by atoms with E-state index in [4.69, 9.17) is 5.73 Å². The molecule has 1 fully saturated rings. The first kappa shape index (κ1) is 15.4. The van der Waals surface area contributed by atoms with E-state index in [1.807, 2.05) is 30.8 Å². The normalized spacial score (nSPS) is 17.7. The van der Waals surface area contributed by atoms with E-state index in [1.165, 1.54) is 17.1 Å². The predicted molar refractivity (Wildman–Crippen MR) is 85.9 cm³/mol. The number of nitrogens with one attached hydrogen (secondary N) is 1. The molecule has 1 aromatic carbocycles. The molecule has 4 nitrogen and oxygen atoms in total. The zero-order chi connectivity index (χ0) is 14.4. The molecule has 1 aliphatic rings. The molecule has 0 aliphatic carbocycles. The average Bonchev–Trinajstić information content (AvgIpc) is 2.39. The van der Waals surface area contributed by atoms with Crippen LogP contribution in [0.2, 0.25) is 0 Å². The van der Waals surface area contributed by atoms with E-state index < -0.39 is 0 Å². The number of nitrogens with two attached hydrogens (primary N) is 1. The fourth-order valence-corrected chi connectivity index (χ4v) is 3.25. The van der Waals surface area contributed by atoms with Crippen molar-refractivity contribution in [1.29, 1.82) is 0 Å².